The van der Waals surface area contributed by atoms with Gasteiger partial charge in [0.1, 0.15) is 5.75 Å². The summed E-state index contributed by atoms with van der Waals surface area (Å²) < 4.78 is 6.21. The van der Waals surface area contributed by atoms with Gasteiger partial charge in [0, 0.05) is 27.0 Å². The van der Waals surface area contributed by atoms with Crippen LogP contribution in [-0.2, 0) is 6.42 Å². The van der Waals surface area contributed by atoms with E-state index in [0.717, 1.165) is 15.6 Å². The normalized spacial score (nSPS) is 10.4. The first kappa shape index (κ1) is 15.1. The highest BCUT2D eigenvalue weighted by atomic mass is 79.9. The van der Waals surface area contributed by atoms with E-state index < -0.39 is 0 Å². The number of carbonyl (C=O) groups excluding carboxylic acids is 1. The fourth-order valence-corrected chi connectivity index (χ4v) is 2.65. The molecule has 2 aromatic rings. The van der Waals surface area contributed by atoms with E-state index >= 15 is 0 Å². The molecule has 2 rings (SSSR count). The highest BCUT2D eigenvalue weighted by Gasteiger charge is 2.14. The maximum absolute atomic E-state index is 12.4. The van der Waals surface area contributed by atoms with Gasteiger partial charge in [-0.25, -0.2) is 0 Å². The van der Waals surface area contributed by atoms with E-state index in [1.807, 2.05) is 25.1 Å². The quantitative estimate of drug-likeness (QED) is 0.735. The Hall–Kier alpha value is -1.32. The predicted molar refractivity (Wildman–Crippen MR) is 84.9 cm³/mol. The highest BCUT2D eigenvalue weighted by molar-refractivity contribution is 9.10. The summed E-state index contributed by atoms with van der Waals surface area (Å²) in [4.78, 5) is 12.4. The molecule has 0 radical (unpaired) electrons. The van der Waals surface area contributed by atoms with Gasteiger partial charge in [-0.2, -0.15) is 0 Å². The summed E-state index contributed by atoms with van der Waals surface area (Å²) in [7, 11) is 1.60. The number of hydrogen-bond donors (Lipinski definition) is 0. The smallest absolute Gasteiger partial charge is 0.167 e. The molecule has 0 aromatic heterocycles. The summed E-state index contributed by atoms with van der Waals surface area (Å²) in [6.07, 6.45) is 0.282. The molecule has 0 aliphatic heterocycles. The summed E-state index contributed by atoms with van der Waals surface area (Å²) in [6, 6.07) is 11.0. The topological polar surface area (TPSA) is 26.3 Å². The van der Waals surface area contributed by atoms with Gasteiger partial charge >= 0.3 is 0 Å². The zero-order chi connectivity index (χ0) is 14.7. The predicted octanol–water partition coefficient (Wildman–Crippen LogP) is 4.84. The minimum Gasteiger partial charge on any atom is -0.496 e. The van der Waals surface area contributed by atoms with E-state index in [1.54, 1.807) is 25.3 Å². The lowest BCUT2D eigenvalue weighted by molar-refractivity contribution is 0.0991. The fourth-order valence-electron chi connectivity index (χ4n) is 2.06. The zero-order valence-corrected chi connectivity index (χ0v) is 13.6. The van der Waals surface area contributed by atoms with Gasteiger partial charge in [-0.3, -0.25) is 4.79 Å². The van der Waals surface area contributed by atoms with Gasteiger partial charge in [0.25, 0.3) is 0 Å². The second-order valence-corrected chi connectivity index (χ2v) is 5.79. The number of ketones is 1. The molecule has 0 amide bonds. The lowest BCUT2D eigenvalue weighted by Gasteiger charge is -2.10. The average molecular weight is 354 g/mol. The molecule has 0 unspecified atom stereocenters. The van der Waals surface area contributed by atoms with Crippen LogP contribution in [0.15, 0.2) is 40.9 Å². The number of methoxy groups -OCH3 is 1. The van der Waals surface area contributed by atoms with Gasteiger partial charge in [0.15, 0.2) is 5.78 Å². The van der Waals surface area contributed by atoms with Crippen LogP contribution in [0.1, 0.15) is 21.5 Å². The number of benzene rings is 2. The molecule has 104 valence electrons. The third-order valence-electron chi connectivity index (χ3n) is 3.16. The third kappa shape index (κ3) is 3.22. The Labute approximate surface area is 131 Å². The first-order chi connectivity index (χ1) is 9.52. The van der Waals surface area contributed by atoms with E-state index in [9.17, 15) is 4.79 Å². The largest absolute Gasteiger partial charge is 0.496 e. The summed E-state index contributed by atoms with van der Waals surface area (Å²) in [5.74, 6) is 0.739. The lowest BCUT2D eigenvalue weighted by Crippen LogP contribution is -2.07. The van der Waals surface area contributed by atoms with E-state index in [2.05, 4.69) is 15.9 Å². The summed E-state index contributed by atoms with van der Waals surface area (Å²) >= 11 is 9.47. The number of rotatable bonds is 4. The molecular weight excluding hydrogens is 340 g/mol. The zero-order valence-electron chi connectivity index (χ0n) is 11.2. The van der Waals surface area contributed by atoms with Crippen LogP contribution < -0.4 is 4.74 Å². The second kappa shape index (κ2) is 6.42. The van der Waals surface area contributed by atoms with Crippen LogP contribution in [0.25, 0.3) is 0 Å². The number of carbonyl (C=O) groups is 1. The van der Waals surface area contributed by atoms with Crippen molar-refractivity contribution in [2.24, 2.45) is 0 Å². The van der Waals surface area contributed by atoms with Crippen LogP contribution in [0.4, 0.5) is 0 Å². The van der Waals surface area contributed by atoms with Gasteiger partial charge in [0.2, 0.25) is 0 Å². The van der Waals surface area contributed by atoms with E-state index in [1.165, 1.54) is 0 Å². The molecule has 0 atom stereocenters. The monoisotopic (exact) mass is 352 g/mol. The molecule has 2 nitrogen and oxygen atoms in total. The Morgan fingerprint density at radius 2 is 2.05 bits per heavy atom. The molecule has 0 saturated carbocycles. The van der Waals surface area contributed by atoms with Crippen molar-refractivity contribution in [3.05, 3.63) is 62.6 Å². The first-order valence-corrected chi connectivity index (χ1v) is 7.30. The molecular formula is C16H14BrClO2. The third-order valence-corrected chi connectivity index (χ3v) is 4.06. The van der Waals surface area contributed by atoms with Crippen molar-refractivity contribution < 1.29 is 9.53 Å². The van der Waals surface area contributed by atoms with Crippen LogP contribution in [0.5, 0.6) is 5.75 Å². The molecule has 20 heavy (non-hydrogen) atoms. The van der Waals surface area contributed by atoms with Crippen molar-refractivity contribution in [1.82, 2.24) is 0 Å². The van der Waals surface area contributed by atoms with Crippen LogP contribution in [0.3, 0.4) is 0 Å². The molecule has 4 heteroatoms. The van der Waals surface area contributed by atoms with Gasteiger partial charge in [0.05, 0.1) is 7.11 Å². The minimum absolute atomic E-state index is 0.0291. The molecule has 2 aromatic carbocycles. The molecule has 0 saturated heterocycles. The molecule has 0 N–H and O–H groups in total. The fraction of sp³-hybridized carbons (Fsp3) is 0.188. The van der Waals surface area contributed by atoms with Crippen LogP contribution >= 0.6 is 27.5 Å². The summed E-state index contributed by atoms with van der Waals surface area (Å²) in [6.45, 7) is 1.85. The highest BCUT2D eigenvalue weighted by Crippen LogP contribution is 2.26. The maximum atomic E-state index is 12.4. The Morgan fingerprint density at radius 3 is 2.75 bits per heavy atom. The van der Waals surface area contributed by atoms with Crippen LogP contribution in [-0.4, -0.2) is 12.9 Å². The van der Waals surface area contributed by atoms with Gasteiger partial charge in [-0.1, -0.05) is 39.7 Å². The first-order valence-electron chi connectivity index (χ1n) is 6.13. The lowest BCUT2D eigenvalue weighted by atomic mass is 9.99. The summed E-state index contributed by atoms with van der Waals surface area (Å²) in [5, 5.41) is 0.608. The van der Waals surface area contributed by atoms with Crippen LogP contribution in [0.2, 0.25) is 5.02 Å². The van der Waals surface area contributed by atoms with Gasteiger partial charge in [-0.15, -0.1) is 0 Å². The number of Topliss-reactive ketones (excluding diaryl/α,β-unsaturated/α-hetero) is 1. The van der Waals surface area contributed by atoms with E-state index in [4.69, 9.17) is 16.3 Å². The Kier molecular flexibility index (Phi) is 4.84. The number of halogens is 2. The Bertz CT molecular complexity index is 653. The molecule has 0 fully saturated rings. The Balaban J connectivity index is 2.32. The standard InChI is InChI=1S/C16H14BrClO2/c1-10-13(4-3-5-14(10)18)15(19)9-11-8-12(17)6-7-16(11)20-2/h3-8H,9H2,1-2H3. The van der Waals surface area contributed by atoms with Crippen LogP contribution in [0, 0.1) is 6.92 Å². The van der Waals surface area contributed by atoms with Gasteiger partial charge in [-0.05, 0) is 36.8 Å². The summed E-state index contributed by atoms with van der Waals surface area (Å²) in [5.41, 5.74) is 2.32. The molecule has 0 aliphatic carbocycles. The number of hydrogen-bond acceptors (Lipinski definition) is 2. The van der Waals surface area contributed by atoms with Crippen molar-refractivity contribution in [3.8, 4) is 5.75 Å². The van der Waals surface area contributed by atoms with E-state index in [0.29, 0.717) is 16.3 Å². The second-order valence-electron chi connectivity index (χ2n) is 4.47. The van der Waals surface area contributed by atoms with E-state index in [-0.39, 0.29) is 12.2 Å². The molecule has 0 aliphatic rings. The minimum atomic E-state index is 0.0291. The maximum Gasteiger partial charge on any atom is 0.167 e. The molecule has 0 heterocycles. The SMILES string of the molecule is COc1ccc(Br)cc1CC(=O)c1cccc(Cl)c1C. The van der Waals surface area contributed by atoms with Crippen molar-refractivity contribution in [2.45, 2.75) is 13.3 Å². The Morgan fingerprint density at radius 1 is 1.30 bits per heavy atom. The van der Waals surface area contributed by atoms with Crippen molar-refractivity contribution in [1.29, 1.82) is 0 Å². The molecule has 0 bridgehead atoms. The van der Waals surface area contributed by atoms with Crippen molar-refractivity contribution in [2.75, 3.05) is 7.11 Å². The average Bonchev–Trinajstić information content (AvgIpc) is 2.42. The van der Waals surface area contributed by atoms with Gasteiger partial charge < -0.3 is 4.74 Å². The van der Waals surface area contributed by atoms with Crippen molar-refractivity contribution in [3.63, 3.8) is 0 Å². The number of ether oxygens (including phenoxy) is 1. The van der Waals surface area contributed by atoms with Crippen molar-refractivity contribution >= 4 is 33.3 Å². The molecule has 0 spiro atoms.